The van der Waals surface area contributed by atoms with Crippen LogP contribution in [0.15, 0.2) is 30.3 Å². The van der Waals surface area contributed by atoms with Gasteiger partial charge in [0.05, 0.1) is 0 Å². The number of ether oxygens (including phenoxy) is 1. The largest absolute Gasteiger partial charge is 0.490 e. The van der Waals surface area contributed by atoms with E-state index in [0.717, 1.165) is 51.1 Å². The van der Waals surface area contributed by atoms with E-state index in [-0.39, 0.29) is 18.8 Å². The summed E-state index contributed by atoms with van der Waals surface area (Å²) in [6.07, 6.45) is 4.44. The number of halogens is 1. The Kier molecular flexibility index (Phi) is 8.16. The summed E-state index contributed by atoms with van der Waals surface area (Å²) in [6, 6.07) is 9.98. The van der Waals surface area contributed by atoms with E-state index in [2.05, 4.69) is 4.90 Å². The predicted octanol–water partition coefficient (Wildman–Crippen LogP) is 3.21. The number of carboxylic acids is 1. The molecule has 0 aliphatic carbocycles. The zero-order valence-corrected chi connectivity index (χ0v) is 13.1. The third-order valence-electron chi connectivity index (χ3n) is 3.70. The number of piperidine rings is 1. The predicted molar refractivity (Wildman–Crippen MR) is 85.3 cm³/mol. The Morgan fingerprint density at radius 2 is 1.86 bits per heavy atom. The van der Waals surface area contributed by atoms with E-state index < -0.39 is 5.97 Å². The SMILES string of the molecule is Cl.O=C(O)CCCCN1CCC(Oc2ccccc2)CC1. The minimum absolute atomic E-state index is 0. The number of hydrogen-bond acceptors (Lipinski definition) is 3. The molecule has 0 amide bonds. The van der Waals surface area contributed by atoms with Crippen molar-refractivity contribution >= 4 is 18.4 Å². The Morgan fingerprint density at radius 1 is 1.19 bits per heavy atom. The number of benzene rings is 1. The van der Waals surface area contributed by atoms with Gasteiger partial charge in [-0.15, -0.1) is 12.4 Å². The highest BCUT2D eigenvalue weighted by molar-refractivity contribution is 5.85. The molecule has 0 unspecified atom stereocenters. The highest BCUT2D eigenvalue weighted by Crippen LogP contribution is 2.18. The maximum Gasteiger partial charge on any atom is 0.303 e. The third kappa shape index (κ3) is 6.82. The molecule has 5 heteroatoms. The van der Waals surface area contributed by atoms with Crippen LogP contribution in [-0.2, 0) is 4.79 Å². The molecule has 1 fully saturated rings. The maximum atomic E-state index is 10.4. The topological polar surface area (TPSA) is 49.8 Å². The zero-order chi connectivity index (χ0) is 14.2. The van der Waals surface area contributed by atoms with E-state index in [1.165, 1.54) is 0 Å². The molecule has 4 nitrogen and oxygen atoms in total. The lowest BCUT2D eigenvalue weighted by atomic mass is 10.1. The first-order valence-corrected chi connectivity index (χ1v) is 7.40. The second kappa shape index (κ2) is 9.64. The number of rotatable bonds is 7. The van der Waals surface area contributed by atoms with Crippen LogP contribution in [0.1, 0.15) is 32.1 Å². The van der Waals surface area contributed by atoms with Gasteiger partial charge in [-0.2, -0.15) is 0 Å². The molecule has 1 aromatic rings. The van der Waals surface area contributed by atoms with E-state index in [1.54, 1.807) is 0 Å². The zero-order valence-electron chi connectivity index (χ0n) is 12.2. The highest BCUT2D eigenvalue weighted by Gasteiger charge is 2.20. The minimum atomic E-state index is -0.694. The number of hydrogen-bond donors (Lipinski definition) is 1. The van der Waals surface area contributed by atoms with Crippen LogP contribution in [0.5, 0.6) is 5.75 Å². The van der Waals surface area contributed by atoms with Crippen LogP contribution in [0, 0.1) is 0 Å². The van der Waals surface area contributed by atoms with Crippen LogP contribution in [0.4, 0.5) is 0 Å². The van der Waals surface area contributed by atoms with E-state index in [0.29, 0.717) is 6.10 Å². The van der Waals surface area contributed by atoms with Gasteiger partial charge in [-0.05, 0) is 44.4 Å². The molecule has 0 radical (unpaired) electrons. The van der Waals surface area contributed by atoms with Gasteiger partial charge in [-0.25, -0.2) is 0 Å². The molecule has 1 heterocycles. The van der Waals surface area contributed by atoms with Gasteiger partial charge >= 0.3 is 5.97 Å². The molecule has 0 bridgehead atoms. The number of carbonyl (C=O) groups is 1. The number of likely N-dealkylation sites (tertiary alicyclic amines) is 1. The number of para-hydroxylation sites is 1. The van der Waals surface area contributed by atoms with Crippen molar-refractivity contribution in [2.45, 2.75) is 38.2 Å². The van der Waals surface area contributed by atoms with Gasteiger partial charge in [-0.3, -0.25) is 4.79 Å². The second-order valence-electron chi connectivity index (χ2n) is 5.32. The fourth-order valence-corrected chi connectivity index (χ4v) is 2.55. The van der Waals surface area contributed by atoms with Crippen LogP contribution in [0.3, 0.4) is 0 Å². The number of carboxylic acid groups (broad SMARTS) is 1. The summed E-state index contributed by atoms with van der Waals surface area (Å²) in [5, 5.41) is 8.60. The quantitative estimate of drug-likeness (QED) is 0.785. The molecular weight excluding hydrogens is 290 g/mol. The first-order valence-electron chi connectivity index (χ1n) is 7.40. The molecule has 1 saturated heterocycles. The van der Waals surface area contributed by atoms with Gasteiger partial charge in [0.2, 0.25) is 0 Å². The number of nitrogens with zero attached hydrogens (tertiary/aromatic N) is 1. The third-order valence-corrected chi connectivity index (χ3v) is 3.70. The van der Waals surface area contributed by atoms with E-state index in [9.17, 15) is 4.79 Å². The summed E-state index contributed by atoms with van der Waals surface area (Å²) >= 11 is 0. The van der Waals surface area contributed by atoms with Crippen LogP contribution < -0.4 is 4.74 Å². The number of unbranched alkanes of at least 4 members (excludes halogenated alkanes) is 1. The standard InChI is InChI=1S/C16H23NO3.ClH/c18-16(19)8-4-5-11-17-12-9-15(10-13-17)20-14-6-2-1-3-7-14;/h1-3,6-7,15H,4-5,8-13H2,(H,18,19);1H. The van der Waals surface area contributed by atoms with Gasteiger partial charge < -0.3 is 14.7 Å². The Bertz CT molecular complexity index is 405. The summed E-state index contributed by atoms with van der Waals surface area (Å²) < 4.78 is 5.96. The molecular formula is C16H24ClNO3. The maximum absolute atomic E-state index is 10.4. The van der Waals surface area contributed by atoms with Crippen molar-refractivity contribution in [3.8, 4) is 5.75 Å². The Hall–Kier alpha value is -1.26. The molecule has 1 aliphatic rings. The molecule has 0 aromatic heterocycles. The van der Waals surface area contributed by atoms with Gasteiger partial charge in [-0.1, -0.05) is 18.2 Å². The Balaban J connectivity index is 0.00000220. The summed E-state index contributed by atoms with van der Waals surface area (Å²) in [5.74, 6) is 0.257. The fraction of sp³-hybridized carbons (Fsp3) is 0.562. The summed E-state index contributed by atoms with van der Waals surface area (Å²) in [4.78, 5) is 12.8. The van der Waals surface area contributed by atoms with Crippen molar-refractivity contribution in [3.63, 3.8) is 0 Å². The number of aliphatic carboxylic acids is 1. The summed E-state index contributed by atoms with van der Waals surface area (Å²) in [5.41, 5.74) is 0. The van der Waals surface area contributed by atoms with Gasteiger partial charge in [0.25, 0.3) is 0 Å². The fourth-order valence-electron chi connectivity index (χ4n) is 2.55. The molecule has 0 atom stereocenters. The van der Waals surface area contributed by atoms with Crippen molar-refractivity contribution in [3.05, 3.63) is 30.3 Å². The minimum Gasteiger partial charge on any atom is -0.490 e. The van der Waals surface area contributed by atoms with Crippen LogP contribution in [0.25, 0.3) is 0 Å². The average Bonchev–Trinajstić information content (AvgIpc) is 2.46. The molecule has 0 spiro atoms. The van der Waals surface area contributed by atoms with Crippen molar-refractivity contribution in [1.29, 1.82) is 0 Å². The van der Waals surface area contributed by atoms with Crippen molar-refractivity contribution < 1.29 is 14.6 Å². The smallest absolute Gasteiger partial charge is 0.303 e. The molecule has 118 valence electrons. The van der Waals surface area contributed by atoms with Crippen LogP contribution in [0.2, 0.25) is 0 Å². The van der Waals surface area contributed by atoms with Crippen LogP contribution >= 0.6 is 12.4 Å². The van der Waals surface area contributed by atoms with Gasteiger partial charge in [0.15, 0.2) is 0 Å². The normalized spacial score (nSPS) is 16.2. The molecule has 21 heavy (non-hydrogen) atoms. The molecule has 0 saturated carbocycles. The van der Waals surface area contributed by atoms with E-state index in [4.69, 9.17) is 9.84 Å². The first-order chi connectivity index (χ1) is 9.74. The second-order valence-corrected chi connectivity index (χ2v) is 5.32. The Labute approximate surface area is 132 Å². The lowest BCUT2D eigenvalue weighted by Gasteiger charge is -2.32. The Morgan fingerprint density at radius 3 is 2.48 bits per heavy atom. The highest BCUT2D eigenvalue weighted by atomic mass is 35.5. The van der Waals surface area contributed by atoms with Crippen molar-refractivity contribution in [1.82, 2.24) is 4.90 Å². The van der Waals surface area contributed by atoms with E-state index in [1.807, 2.05) is 30.3 Å². The van der Waals surface area contributed by atoms with E-state index >= 15 is 0 Å². The van der Waals surface area contributed by atoms with Crippen molar-refractivity contribution in [2.24, 2.45) is 0 Å². The average molecular weight is 314 g/mol. The monoisotopic (exact) mass is 313 g/mol. The summed E-state index contributed by atoms with van der Waals surface area (Å²) in [7, 11) is 0. The molecule has 1 N–H and O–H groups in total. The lowest BCUT2D eigenvalue weighted by molar-refractivity contribution is -0.137. The summed E-state index contributed by atoms with van der Waals surface area (Å²) in [6.45, 7) is 3.10. The molecule has 1 aliphatic heterocycles. The van der Waals surface area contributed by atoms with Crippen molar-refractivity contribution in [2.75, 3.05) is 19.6 Å². The molecule has 1 aromatic carbocycles. The van der Waals surface area contributed by atoms with Gasteiger partial charge in [0.1, 0.15) is 11.9 Å². The molecule has 2 rings (SSSR count). The first kappa shape index (κ1) is 17.8. The lowest BCUT2D eigenvalue weighted by Crippen LogP contribution is -2.38. The van der Waals surface area contributed by atoms with Gasteiger partial charge in [0, 0.05) is 19.5 Å². The van der Waals surface area contributed by atoms with Crippen LogP contribution in [-0.4, -0.2) is 41.7 Å².